The maximum absolute atomic E-state index is 12.6. The van der Waals surface area contributed by atoms with Gasteiger partial charge in [0.25, 0.3) is 0 Å². The average molecular weight is 423 g/mol. The summed E-state index contributed by atoms with van der Waals surface area (Å²) in [6.07, 6.45) is 1.30. The Kier molecular flexibility index (Phi) is 6.02. The minimum atomic E-state index is -0.0937. The predicted molar refractivity (Wildman–Crippen MR) is 122 cm³/mol. The summed E-state index contributed by atoms with van der Waals surface area (Å²) in [4.78, 5) is 27.9. The summed E-state index contributed by atoms with van der Waals surface area (Å²) < 4.78 is 0. The number of hydrogen-bond donors (Lipinski definition) is 1. The molecule has 1 aromatic heterocycles. The van der Waals surface area contributed by atoms with Gasteiger partial charge in [-0.1, -0.05) is 37.3 Å². The molecule has 2 heterocycles. The van der Waals surface area contributed by atoms with Crippen LogP contribution in [0.4, 0.5) is 11.4 Å². The van der Waals surface area contributed by atoms with E-state index in [-0.39, 0.29) is 17.2 Å². The van der Waals surface area contributed by atoms with Crippen LogP contribution < -0.4 is 10.2 Å². The molecule has 0 spiro atoms. The number of benzene rings is 2. The van der Waals surface area contributed by atoms with Crippen LogP contribution in [0.3, 0.4) is 0 Å². The van der Waals surface area contributed by atoms with Gasteiger partial charge in [0.1, 0.15) is 5.37 Å². The standard InChI is InChI=1S/C23H22N2O2S2/c1-2-16-6-3-9-19(12-16)25-22(27)15-29-23(25)17-7-4-8-18(13-17)24-21(26)14-20-10-5-11-28-20/h3-13,23H,2,14-15H2,1H3,(H,24,26). The highest BCUT2D eigenvalue weighted by molar-refractivity contribution is 8.00. The zero-order valence-electron chi connectivity index (χ0n) is 16.1. The molecule has 2 amide bonds. The first-order chi connectivity index (χ1) is 14.1. The van der Waals surface area contributed by atoms with Gasteiger partial charge in [-0.15, -0.1) is 23.1 Å². The van der Waals surface area contributed by atoms with E-state index in [2.05, 4.69) is 24.4 Å². The topological polar surface area (TPSA) is 49.4 Å². The van der Waals surface area contributed by atoms with Gasteiger partial charge in [-0.2, -0.15) is 0 Å². The zero-order valence-corrected chi connectivity index (χ0v) is 17.8. The van der Waals surface area contributed by atoms with Crippen molar-refractivity contribution in [3.05, 3.63) is 82.0 Å². The monoisotopic (exact) mass is 422 g/mol. The molecule has 148 valence electrons. The van der Waals surface area contributed by atoms with Crippen molar-refractivity contribution in [3.8, 4) is 0 Å². The maximum Gasteiger partial charge on any atom is 0.238 e. The lowest BCUT2D eigenvalue weighted by Gasteiger charge is -2.25. The van der Waals surface area contributed by atoms with E-state index in [4.69, 9.17) is 0 Å². The van der Waals surface area contributed by atoms with Crippen molar-refractivity contribution < 1.29 is 9.59 Å². The van der Waals surface area contributed by atoms with Gasteiger partial charge in [0.2, 0.25) is 11.8 Å². The molecule has 29 heavy (non-hydrogen) atoms. The van der Waals surface area contributed by atoms with Crippen molar-refractivity contribution in [2.24, 2.45) is 0 Å². The number of nitrogens with zero attached hydrogens (tertiary/aromatic N) is 1. The van der Waals surface area contributed by atoms with Crippen molar-refractivity contribution >= 4 is 46.3 Å². The number of aryl methyl sites for hydroxylation is 1. The van der Waals surface area contributed by atoms with E-state index in [0.29, 0.717) is 12.2 Å². The number of thiophene rings is 1. The van der Waals surface area contributed by atoms with E-state index in [9.17, 15) is 9.59 Å². The van der Waals surface area contributed by atoms with Gasteiger partial charge in [-0.3, -0.25) is 14.5 Å². The van der Waals surface area contributed by atoms with Crippen molar-refractivity contribution in [1.82, 2.24) is 0 Å². The molecule has 1 aliphatic heterocycles. The Balaban J connectivity index is 1.54. The third kappa shape index (κ3) is 4.54. The highest BCUT2D eigenvalue weighted by atomic mass is 32.2. The lowest BCUT2D eigenvalue weighted by molar-refractivity contribution is -0.116. The lowest BCUT2D eigenvalue weighted by Crippen LogP contribution is -2.28. The van der Waals surface area contributed by atoms with Gasteiger partial charge in [0.05, 0.1) is 12.2 Å². The largest absolute Gasteiger partial charge is 0.326 e. The molecule has 0 radical (unpaired) electrons. The van der Waals surface area contributed by atoms with Gasteiger partial charge >= 0.3 is 0 Å². The smallest absolute Gasteiger partial charge is 0.238 e. The number of carbonyl (C=O) groups excluding carboxylic acids is 2. The van der Waals surface area contributed by atoms with Crippen LogP contribution in [0.1, 0.15) is 28.3 Å². The summed E-state index contributed by atoms with van der Waals surface area (Å²) in [7, 11) is 0. The second-order valence-electron chi connectivity index (χ2n) is 6.88. The van der Waals surface area contributed by atoms with Crippen LogP contribution in [-0.4, -0.2) is 17.6 Å². The molecule has 1 unspecified atom stereocenters. The van der Waals surface area contributed by atoms with Crippen LogP contribution in [0.2, 0.25) is 0 Å². The number of rotatable bonds is 6. The fourth-order valence-corrected chi connectivity index (χ4v) is 5.29. The summed E-state index contributed by atoms with van der Waals surface area (Å²) in [5, 5.41) is 4.86. The first kappa shape index (κ1) is 19.7. The van der Waals surface area contributed by atoms with E-state index in [1.54, 1.807) is 23.1 Å². The van der Waals surface area contributed by atoms with Gasteiger partial charge in [0, 0.05) is 16.3 Å². The van der Waals surface area contributed by atoms with Crippen LogP contribution >= 0.6 is 23.1 Å². The zero-order chi connectivity index (χ0) is 20.2. The van der Waals surface area contributed by atoms with E-state index in [1.165, 1.54) is 5.56 Å². The number of hydrogen-bond acceptors (Lipinski definition) is 4. The summed E-state index contributed by atoms with van der Waals surface area (Å²) in [6.45, 7) is 2.11. The second-order valence-corrected chi connectivity index (χ2v) is 8.98. The fraction of sp³-hybridized carbons (Fsp3) is 0.217. The highest BCUT2D eigenvalue weighted by Gasteiger charge is 2.34. The van der Waals surface area contributed by atoms with Gasteiger partial charge in [-0.05, 0) is 53.3 Å². The summed E-state index contributed by atoms with van der Waals surface area (Å²) in [5.41, 5.74) is 3.90. The molecule has 0 bridgehead atoms. The minimum absolute atomic E-state index is 0.0349. The van der Waals surface area contributed by atoms with Gasteiger partial charge in [0.15, 0.2) is 0 Å². The fourth-order valence-electron chi connectivity index (χ4n) is 3.42. The van der Waals surface area contributed by atoms with E-state index in [1.807, 2.05) is 58.8 Å². The molecular formula is C23H22N2O2S2. The summed E-state index contributed by atoms with van der Waals surface area (Å²) >= 11 is 3.19. The molecule has 1 saturated heterocycles. The van der Waals surface area contributed by atoms with Crippen molar-refractivity contribution in [1.29, 1.82) is 0 Å². The number of nitrogens with one attached hydrogen (secondary N) is 1. The Morgan fingerprint density at radius 2 is 2.00 bits per heavy atom. The van der Waals surface area contributed by atoms with E-state index < -0.39 is 0 Å². The van der Waals surface area contributed by atoms with Crippen LogP contribution in [0, 0.1) is 0 Å². The number of thioether (sulfide) groups is 1. The maximum atomic E-state index is 12.6. The lowest BCUT2D eigenvalue weighted by atomic mass is 10.1. The normalized spacial score (nSPS) is 16.2. The van der Waals surface area contributed by atoms with Crippen LogP contribution in [-0.2, 0) is 22.4 Å². The van der Waals surface area contributed by atoms with Crippen molar-refractivity contribution in [2.45, 2.75) is 25.1 Å². The van der Waals surface area contributed by atoms with Gasteiger partial charge in [-0.25, -0.2) is 0 Å². The third-order valence-electron chi connectivity index (χ3n) is 4.84. The van der Waals surface area contributed by atoms with Crippen LogP contribution in [0.15, 0.2) is 66.0 Å². The van der Waals surface area contributed by atoms with Crippen LogP contribution in [0.5, 0.6) is 0 Å². The summed E-state index contributed by atoms with van der Waals surface area (Å²) in [6, 6.07) is 19.9. The molecule has 4 nitrogen and oxygen atoms in total. The Morgan fingerprint density at radius 1 is 1.14 bits per heavy atom. The quantitative estimate of drug-likeness (QED) is 0.589. The third-order valence-corrected chi connectivity index (χ3v) is 6.92. The highest BCUT2D eigenvalue weighted by Crippen LogP contribution is 2.42. The van der Waals surface area contributed by atoms with E-state index >= 15 is 0 Å². The first-order valence-electron chi connectivity index (χ1n) is 9.59. The SMILES string of the molecule is CCc1cccc(N2C(=O)CSC2c2cccc(NC(=O)Cc3cccs3)c2)c1. The number of anilines is 2. The molecule has 0 saturated carbocycles. The van der Waals surface area contributed by atoms with E-state index in [0.717, 1.165) is 28.2 Å². The Labute approximate surface area is 178 Å². The van der Waals surface area contributed by atoms with Crippen molar-refractivity contribution in [3.63, 3.8) is 0 Å². The minimum Gasteiger partial charge on any atom is -0.326 e. The molecule has 0 aliphatic carbocycles. The number of amides is 2. The molecule has 1 N–H and O–H groups in total. The molecule has 2 aromatic carbocycles. The molecule has 4 rings (SSSR count). The average Bonchev–Trinajstić information content (AvgIpc) is 3.37. The summed E-state index contributed by atoms with van der Waals surface area (Å²) in [5.74, 6) is 0.531. The first-order valence-corrected chi connectivity index (χ1v) is 11.5. The van der Waals surface area contributed by atoms with Gasteiger partial charge < -0.3 is 5.32 Å². The second kappa shape index (κ2) is 8.84. The molecule has 1 atom stereocenters. The molecule has 1 fully saturated rings. The van der Waals surface area contributed by atoms with Crippen LogP contribution in [0.25, 0.3) is 0 Å². The number of carbonyl (C=O) groups is 2. The predicted octanol–water partition coefficient (Wildman–Crippen LogP) is 5.27. The molecule has 1 aliphatic rings. The molecular weight excluding hydrogens is 400 g/mol. The van der Waals surface area contributed by atoms with Crippen molar-refractivity contribution in [2.75, 3.05) is 16.0 Å². The Morgan fingerprint density at radius 3 is 2.79 bits per heavy atom. The molecule has 6 heteroatoms. The Bertz CT molecular complexity index is 1020. The Hall–Kier alpha value is -2.57. The molecule has 3 aromatic rings.